The first-order valence-corrected chi connectivity index (χ1v) is 18.1. The number of β-amino-alcohol motifs (C(OH)–C–C–N with tert-alkyl or cyclic N) is 1. The molecule has 2 aromatic rings. The number of nitrogens with zero attached hydrogens (tertiary/aromatic N) is 2. The molecule has 1 fully saturated rings. The molecule has 0 unspecified atom stereocenters. The van der Waals surface area contributed by atoms with Crippen LogP contribution in [0, 0.1) is 12.3 Å². The zero-order valence-electron chi connectivity index (χ0n) is 30.1. The number of amides is 2. The van der Waals surface area contributed by atoms with Crippen molar-refractivity contribution in [3.8, 4) is 10.4 Å². The maximum atomic E-state index is 13.8. The van der Waals surface area contributed by atoms with Crippen LogP contribution in [0.4, 0.5) is 0 Å². The minimum absolute atomic E-state index is 0.0240. The first kappa shape index (κ1) is 42.1. The highest BCUT2D eigenvalue weighted by atomic mass is 32.1. The molecule has 0 spiro atoms. The Balaban J connectivity index is 1.34. The van der Waals surface area contributed by atoms with Gasteiger partial charge in [0.05, 0.1) is 101 Å². The minimum Gasteiger partial charge on any atom is -0.481 e. The summed E-state index contributed by atoms with van der Waals surface area (Å²) < 4.78 is 26.9. The number of aliphatic hydroxyl groups excluding tert-OH is 1. The number of Topliss-reactive ketones (excluding diaryl/α,β-unsaturated/α-hetero) is 1. The van der Waals surface area contributed by atoms with E-state index in [0.29, 0.717) is 46.2 Å². The van der Waals surface area contributed by atoms with E-state index in [1.54, 1.807) is 16.8 Å². The van der Waals surface area contributed by atoms with Crippen molar-refractivity contribution in [1.82, 2.24) is 15.2 Å². The molecule has 1 aliphatic heterocycles. The smallest absolute Gasteiger partial charge is 0.305 e. The van der Waals surface area contributed by atoms with Crippen LogP contribution in [0.2, 0.25) is 0 Å². The van der Waals surface area contributed by atoms with Crippen LogP contribution in [0.3, 0.4) is 0 Å². The third kappa shape index (κ3) is 15.1. The van der Waals surface area contributed by atoms with Crippen molar-refractivity contribution in [2.45, 2.75) is 71.6 Å². The topological polar surface area (TPSA) is 183 Å². The number of likely N-dealkylation sites (tertiary alicyclic amines) is 1. The van der Waals surface area contributed by atoms with Gasteiger partial charge in [-0.05, 0) is 23.5 Å². The summed E-state index contributed by atoms with van der Waals surface area (Å²) in [6, 6.07) is 6.03. The Morgan fingerprint density at radius 2 is 1.41 bits per heavy atom. The van der Waals surface area contributed by atoms with E-state index in [1.807, 2.05) is 52.0 Å². The van der Waals surface area contributed by atoms with Gasteiger partial charge in [-0.25, -0.2) is 4.98 Å². The van der Waals surface area contributed by atoms with Gasteiger partial charge in [-0.2, -0.15) is 0 Å². The molecule has 0 bridgehead atoms. The number of thiazole rings is 1. The van der Waals surface area contributed by atoms with E-state index in [9.17, 15) is 24.3 Å². The molecular formula is C36H53N3O11S. The number of ether oxygens (including phenoxy) is 5. The van der Waals surface area contributed by atoms with Crippen molar-refractivity contribution in [3.05, 3.63) is 41.0 Å². The lowest BCUT2D eigenvalue weighted by Gasteiger charge is -2.35. The molecule has 284 valence electrons. The number of aliphatic hydroxyl groups is 1. The molecule has 3 atom stereocenters. The van der Waals surface area contributed by atoms with Crippen molar-refractivity contribution >= 4 is 34.9 Å². The van der Waals surface area contributed by atoms with Crippen LogP contribution in [0.1, 0.15) is 51.3 Å². The summed E-state index contributed by atoms with van der Waals surface area (Å²) in [5, 5.41) is 21.9. The molecule has 3 N–H and O–H groups in total. The van der Waals surface area contributed by atoms with Gasteiger partial charge in [0.25, 0.3) is 0 Å². The van der Waals surface area contributed by atoms with E-state index in [-0.39, 0.29) is 63.7 Å². The normalized spacial score (nSPS) is 16.7. The molecule has 14 nitrogen and oxygen atoms in total. The summed E-state index contributed by atoms with van der Waals surface area (Å²) in [5.74, 6) is -1.81. The number of nitrogens with one attached hydrogen (secondary N) is 1. The van der Waals surface area contributed by atoms with Crippen molar-refractivity contribution in [1.29, 1.82) is 0 Å². The molecule has 1 aromatic carbocycles. The minimum atomic E-state index is -0.904. The Bertz CT molecular complexity index is 1380. The van der Waals surface area contributed by atoms with Gasteiger partial charge < -0.3 is 44.1 Å². The lowest BCUT2D eigenvalue weighted by molar-refractivity contribution is -0.143. The third-order valence-corrected chi connectivity index (χ3v) is 9.09. The number of carbonyl (C=O) groups excluding carboxylic acids is 3. The van der Waals surface area contributed by atoms with E-state index in [4.69, 9.17) is 28.8 Å². The molecule has 51 heavy (non-hydrogen) atoms. The molecular weight excluding hydrogens is 682 g/mol. The van der Waals surface area contributed by atoms with Crippen LogP contribution < -0.4 is 5.32 Å². The third-order valence-electron chi connectivity index (χ3n) is 8.11. The number of aryl methyl sites for hydroxylation is 1. The summed E-state index contributed by atoms with van der Waals surface area (Å²) in [6.07, 6.45) is -0.556. The number of aliphatic carboxylic acids is 1. The molecule has 1 aromatic heterocycles. The predicted octanol–water partition coefficient (Wildman–Crippen LogP) is 2.67. The summed E-state index contributed by atoms with van der Waals surface area (Å²) in [4.78, 5) is 57.4. The fourth-order valence-electron chi connectivity index (χ4n) is 5.39. The number of carbonyl (C=O) groups is 4. The lowest BCUT2D eigenvalue weighted by Crippen LogP contribution is -2.57. The highest BCUT2D eigenvalue weighted by molar-refractivity contribution is 7.13. The van der Waals surface area contributed by atoms with Crippen LogP contribution in [-0.2, 0) is 49.3 Å². The number of hydrogen-bond acceptors (Lipinski definition) is 12. The Morgan fingerprint density at radius 1 is 0.882 bits per heavy atom. The molecule has 0 radical (unpaired) electrons. The fraction of sp³-hybridized carbons (Fsp3) is 0.639. The lowest BCUT2D eigenvalue weighted by atomic mass is 9.85. The van der Waals surface area contributed by atoms with E-state index in [2.05, 4.69) is 10.3 Å². The van der Waals surface area contributed by atoms with E-state index >= 15 is 0 Å². The van der Waals surface area contributed by atoms with E-state index < -0.39 is 35.5 Å². The Labute approximate surface area is 303 Å². The zero-order chi connectivity index (χ0) is 37.2. The van der Waals surface area contributed by atoms with Crippen molar-refractivity contribution in [2.24, 2.45) is 5.41 Å². The number of aromatic nitrogens is 1. The average molecular weight is 736 g/mol. The molecule has 1 aliphatic rings. The number of rotatable bonds is 24. The average Bonchev–Trinajstić information content (AvgIpc) is 3.69. The Morgan fingerprint density at radius 3 is 1.90 bits per heavy atom. The van der Waals surface area contributed by atoms with Gasteiger partial charge in [-0.3, -0.25) is 19.2 Å². The summed E-state index contributed by atoms with van der Waals surface area (Å²) >= 11 is 1.56. The highest BCUT2D eigenvalue weighted by Gasteiger charge is 2.44. The molecule has 0 aliphatic carbocycles. The van der Waals surface area contributed by atoms with Gasteiger partial charge in [0.2, 0.25) is 11.8 Å². The molecule has 3 rings (SSSR count). The van der Waals surface area contributed by atoms with E-state index in [1.165, 1.54) is 4.90 Å². The molecule has 0 saturated carbocycles. The van der Waals surface area contributed by atoms with Crippen molar-refractivity contribution < 1.29 is 53.1 Å². The zero-order valence-corrected chi connectivity index (χ0v) is 30.9. The van der Waals surface area contributed by atoms with Crippen LogP contribution >= 0.6 is 11.3 Å². The maximum absolute atomic E-state index is 13.8. The van der Waals surface area contributed by atoms with Gasteiger partial charge in [0.15, 0.2) is 5.78 Å². The summed E-state index contributed by atoms with van der Waals surface area (Å²) in [6.45, 7) is 10.6. The van der Waals surface area contributed by atoms with Crippen molar-refractivity contribution in [3.63, 3.8) is 0 Å². The molecule has 15 heteroatoms. The number of hydrogen-bond donors (Lipinski definition) is 3. The monoisotopic (exact) mass is 735 g/mol. The Kier molecular flexibility index (Phi) is 18.1. The van der Waals surface area contributed by atoms with Crippen LogP contribution in [0.5, 0.6) is 0 Å². The van der Waals surface area contributed by atoms with Gasteiger partial charge in [0.1, 0.15) is 6.04 Å². The molecule has 2 heterocycles. The second-order valence-electron chi connectivity index (χ2n) is 13.3. The van der Waals surface area contributed by atoms with Gasteiger partial charge in [-0.1, -0.05) is 45.0 Å². The SMILES string of the molecule is Cc1ncsc1-c1ccc(CC(=O)[C@@H]2C[C@@H](O)CN2C(=O)[C@@H](NC(=O)CCOCCOCCOCCOCCOCCC(=O)O)C(C)(C)C)cc1. The molecule has 1 saturated heterocycles. The van der Waals surface area contributed by atoms with Crippen LogP contribution in [0.15, 0.2) is 29.8 Å². The standard InChI is InChI=1S/C36H53N3O11S/c1-25-33(51-24-37-25)27-7-5-26(6-8-27)21-30(41)29-22-28(40)23-39(29)35(45)34(36(2,3)4)38-31(42)9-11-46-13-15-48-17-19-50-20-18-49-16-14-47-12-10-32(43)44/h5-8,24,28-29,34,40H,9-23H2,1-4H3,(H,38,42)(H,43,44)/t28-,29+,34-/m1/s1. The molecule has 2 amide bonds. The van der Waals surface area contributed by atoms with Gasteiger partial charge >= 0.3 is 5.97 Å². The number of carboxylic acid groups (broad SMARTS) is 1. The first-order chi connectivity index (χ1) is 24.4. The van der Waals surface area contributed by atoms with Crippen LogP contribution in [-0.4, -0.2) is 134 Å². The number of ketones is 1. The van der Waals surface area contributed by atoms with E-state index in [0.717, 1.165) is 21.7 Å². The highest BCUT2D eigenvalue weighted by Crippen LogP contribution is 2.29. The number of benzene rings is 1. The number of carboxylic acids is 1. The Hall–Kier alpha value is -3.31. The largest absolute Gasteiger partial charge is 0.481 e. The fourth-order valence-corrected chi connectivity index (χ4v) is 6.20. The predicted molar refractivity (Wildman–Crippen MR) is 189 cm³/mol. The summed E-state index contributed by atoms with van der Waals surface area (Å²) in [7, 11) is 0. The summed E-state index contributed by atoms with van der Waals surface area (Å²) in [5.41, 5.74) is 3.94. The maximum Gasteiger partial charge on any atom is 0.305 e. The second-order valence-corrected chi connectivity index (χ2v) is 14.2. The van der Waals surface area contributed by atoms with Crippen LogP contribution in [0.25, 0.3) is 10.4 Å². The quantitative estimate of drug-likeness (QED) is 0.134. The van der Waals surface area contributed by atoms with Crippen molar-refractivity contribution in [2.75, 3.05) is 72.6 Å². The van der Waals surface area contributed by atoms with Gasteiger partial charge in [-0.15, -0.1) is 11.3 Å². The first-order valence-electron chi connectivity index (χ1n) is 17.3. The second kappa shape index (κ2) is 21.9. The van der Waals surface area contributed by atoms with Gasteiger partial charge in [0, 0.05) is 25.8 Å².